The molecule has 0 radical (unpaired) electrons. The molecule has 3 aromatic rings. The molecule has 0 aliphatic carbocycles. The highest BCUT2D eigenvalue weighted by molar-refractivity contribution is 7.92. The summed E-state index contributed by atoms with van der Waals surface area (Å²) in [6.07, 6.45) is -0.362. The summed E-state index contributed by atoms with van der Waals surface area (Å²) in [4.78, 5) is 26.7. The van der Waals surface area contributed by atoms with Gasteiger partial charge in [-0.05, 0) is 29.8 Å². The molecule has 2 amide bonds. The molecule has 6 nitrogen and oxygen atoms in total. The number of sulfone groups is 1. The van der Waals surface area contributed by atoms with E-state index in [2.05, 4.69) is 5.32 Å². The number of amides is 2. The van der Waals surface area contributed by atoms with Crippen LogP contribution in [0.15, 0.2) is 77.7 Å². The lowest BCUT2D eigenvalue weighted by Gasteiger charge is -2.22. The Morgan fingerprint density at radius 2 is 1.69 bits per heavy atom. The molecule has 1 atom stereocenters. The number of benzene rings is 3. The summed E-state index contributed by atoms with van der Waals surface area (Å²) in [5.74, 6) is -3.08. The SMILES string of the molecule is O=C(CN1C(=O)C[C@@H](c2ccccc2)S(=O)(=O)c2ccccc21)Nc1ccc(F)cc1F. The predicted molar refractivity (Wildman–Crippen MR) is 115 cm³/mol. The Bertz CT molecular complexity index is 1300. The molecule has 0 aromatic heterocycles. The zero-order chi connectivity index (χ0) is 22.9. The second-order valence-corrected chi connectivity index (χ2v) is 9.37. The summed E-state index contributed by atoms with van der Waals surface area (Å²) < 4.78 is 53.8. The lowest BCUT2D eigenvalue weighted by Crippen LogP contribution is -2.38. The van der Waals surface area contributed by atoms with Gasteiger partial charge in [0, 0.05) is 12.5 Å². The Morgan fingerprint density at radius 3 is 2.41 bits per heavy atom. The van der Waals surface area contributed by atoms with E-state index in [9.17, 15) is 26.8 Å². The maximum atomic E-state index is 13.9. The van der Waals surface area contributed by atoms with Crippen LogP contribution in [0.1, 0.15) is 17.2 Å². The van der Waals surface area contributed by atoms with E-state index in [-0.39, 0.29) is 22.7 Å². The van der Waals surface area contributed by atoms with Crippen molar-refractivity contribution in [1.29, 1.82) is 0 Å². The average Bonchev–Trinajstić information content (AvgIpc) is 2.85. The van der Waals surface area contributed by atoms with E-state index in [4.69, 9.17) is 0 Å². The number of rotatable bonds is 4. The molecule has 3 aromatic carbocycles. The summed E-state index contributed by atoms with van der Waals surface area (Å²) >= 11 is 0. The van der Waals surface area contributed by atoms with Crippen molar-refractivity contribution in [2.24, 2.45) is 0 Å². The number of para-hydroxylation sites is 1. The lowest BCUT2D eigenvalue weighted by molar-refractivity contribution is -0.121. The fourth-order valence-corrected chi connectivity index (χ4v) is 5.57. The van der Waals surface area contributed by atoms with Crippen molar-refractivity contribution in [2.45, 2.75) is 16.6 Å². The Hall–Kier alpha value is -3.59. The fraction of sp³-hybridized carbons (Fsp3) is 0.130. The number of fused-ring (bicyclic) bond motifs is 1. The number of anilines is 2. The van der Waals surface area contributed by atoms with Crippen LogP contribution in [-0.4, -0.2) is 26.8 Å². The molecular weight excluding hydrogens is 438 g/mol. The van der Waals surface area contributed by atoms with Crippen LogP contribution in [0, 0.1) is 11.6 Å². The van der Waals surface area contributed by atoms with E-state index in [0.29, 0.717) is 11.6 Å². The van der Waals surface area contributed by atoms with Gasteiger partial charge in [-0.1, -0.05) is 42.5 Å². The highest BCUT2D eigenvalue weighted by atomic mass is 32.2. The number of carbonyl (C=O) groups is 2. The molecule has 0 unspecified atom stereocenters. The zero-order valence-electron chi connectivity index (χ0n) is 16.7. The van der Waals surface area contributed by atoms with Gasteiger partial charge in [0.25, 0.3) is 0 Å². The number of halogens is 2. The standard InChI is InChI=1S/C23H18F2N2O4S/c24-16-10-11-18(17(25)12-16)26-22(28)14-27-19-8-4-5-9-20(19)32(30,31)21(13-23(27)29)15-6-2-1-3-7-15/h1-12,21H,13-14H2,(H,26,28)/t21-/m0/s1. The van der Waals surface area contributed by atoms with E-state index in [0.717, 1.165) is 17.0 Å². The quantitative estimate of drug-likeness (QED) is 0.646. The minimum absolute atomic E-state index is 0.0690. The smallest absolute Gasteiger partial charge is 0.244 e. The largest absolute Gasteiger partial charge is 0.322 e. The molecule has 0 spiro atoms. The zero-order valence-corrected chi connectivity index (χ0v) is 17.5. The van der Waals surface area contributed by atoms with Crippen LogP contribution in [0.2, 0.25) is 0 Å². The van der Waals surface area contributed by atoms with Crippen molar-refractivity contribution in [3.63, 3.8) is 0 Å². The van der Waals surface area contributed by atoms with Crippen molar-refractivity contribution in [3.8, 4) is 0 Å². The minimum Gasteiger partial charge on any atom is -0.322 e. The van der Waals surface area contributed by atoms with Crippen LogP contribution in [0.4, 0.5) is 20.2 Å². The number of hydrogen-bond donors (Lipinski definition) is 1. The molecule has 4 rings (SSSR count). The maximum Gasteiger partial charge on any atom is 0.244 e. The third kappa shape index (κ3) is 4.11. The molecule has 164 valence electrons. The topological polar surface area (TPSA) is 83.6 Å². The first-order chi connectivity index (χ1) is 15.3. The van der Waals surface area contributed by atoms with E-state index < -0.39 is 45.1 Å². The van der Waals surface area contributed by atoms with Crippen LogP contribution < -0.4 is 10.2 Å². The van der Waals surface area contributed by atoms with Gasteiger partial charge in [0.2, 0.25) is 11.8 Å². The van der Waals surface area contributed by atoms with Crippen LogP contribution in [0.5, 0.6) is 0 Å². The summed E-state index contributed by atoms with van der Waals surface area (Å²) in [5.41, 5.74) is 0.294. The van der Waals surface area contributed by atoms with Gasteiger partial charge in [-0.15, -0.1) is 0 Å². The summed E-state index contributed by atoms with van der Waals surface area (Å²) in [6, 6.07) is 17.0. The molecule has 0 bridgehead atoms. The van der Waals surface area contributed by atoms with Crippen molar-refractivity contribution < 1.29 is 26.8 Å². The molecule has 0 fully saturated rings. The summed E-state index contributed by atoms with van der Waals surface area (Å²) in [7, 11) is -3.94. The van der Waals surface area contributed by atoms with E-state index in [1.165, 1.54) is 12.1 Å². The Balaban J connectivity index is 1.69. The van der Waals surface area contributed by atoms with Gasteiger partial charge in [0.05, 0.1) is 21.5 Å². The molecular formula is C23H18F2N2O4S. The fourth-order valence-electron chi connectivity index (χ4n) is 3.65. The molecule has 32 heavy (non-hydrogen) atoms. The van der Waals surface area contributed by atoms with Gasteiger partial charge < -0.3 is 10.2 Å². The van der Waals surface area contributed by atoms with E-state index in [1.54, 1.807) is 42.5 Å². The molecule has 9 heteroatoms. The van der Waals surface area contributed by atoms with Gasteiger partial charge in [-0.3, -0.25) is 9.59 Å². The highest BCUT2D eigenvalue weighted by Gasteiger charge is 2.39. The van der Waals surface area contributed by atoms with E-state index >= 15 is 0 Å². The Labute approximate surface area is 183 Å². The van der Waals surface area contributed by atoms with Crippen molar-refractivity contribution in [2.75, 3.05) is 16.8 Å². The van der Waals surface area contributed by atoms with Crippen molar-refractivity contribution >= 4 is 33.0 Å². The van der Waals surface area contributed by atoms with Crippen LogP contribution in [0.3, 0.4) is 0 Å². The Morgan fingerprint density at radius 1 is 1.00 bits per heavy atom. The first kappa shape index (κ1) is 21.6. The summed E-state index contributed by atoms with van der Waals surface area (Å²) in [5, 5.41) is 1.19. The van der Waals surface area contributed by atoms with Gasteiger partial charge in [-0.2, -0.15) is 0 Å². The van der Waals surface area contributed by atoms with Crippen LogP contribution in [0.25, 0.3) is 0 Å². The van der Waals surface area contributed by atoms with E-state index in [1.807, 2.05) is 0 Å². The van der Waals surface area contributed by atoms with Gasteiger partial charge in [-0.25, -0.2) is 17.2 Å². The predicted octanol–water partition coefficient (Wildman–Crippen LogP) is 3.86. The average molecular weight is 456 g/mol. The molecule has 1 aliphatic rings. The second kappa shape index (κ2) is 8.51. The lowest BCUT2D eigenvalue weighted by atomic mass is 10.1. The third-order valence-corrected chi connectivity index (χ3v) is 7.32. The number of carbonyl (C=O) groups excluding carboxylic acids is 2. The molecule has 1 N–H and O–H groups in total. The minimum atomic E-state index is -3.94. The first-order valence-electron chi connectivity index (χ1n) is 9.70. The third-order valence-electron chi connectivity index (χ3n) is 5.18. The number of nitrogens with zero attached hydrogens (tertiary/aromatic N) is 1. The van der Waals surface area contributed by atoms with Crippen LogP contribution in [-0.2, 0) is 19.4 Å². The summed E-state index contributed by atoms with van der Waals surface area (Å²) in [6.45, 7) is -0.538. The second-order valence-electron chi connectivity index (χ2n) is 7.27. The van der Waals surface area contributed by atoms with Gasteiger partial charge in [0.1, 0.15) is 18.2 Å². The first-order valence-corrected chi connectivity index (χ1v) is 11.2. The van der Waals surface area contributed by atoms with Crippen LogP contribution >= 0.6 is 0 Å². The molecule has 1 aliphatic heterocycles. The molecule has 0 saturated carbocycles. The number of hydrogen-bond acceptors (Lipinski definition) is 4. The van der Waals surface area contributed by atoms with Gasteiger partial charge >= 0.3 is 0 Å². The number of nitrogens with one attached hydrogen (secondary N) is 1. The Kier molecular flexibility index (Phi) is 5.75. The highest BCUT2D eigenvalue weighted by Crippen LogP contribution is 2.40. The van der Waals surface area contributed by atoms with Gasteiger partial charge in [0.15, 0.2) is 9.84 Å². The molecule has 0 saturated heterocycles. The normalized spacial score (nSPS) is 17.4. The van der Waals surface area contributed by atoms with Crippen molar-refractivity contribution in [3.05, 3.63) is 90.0 Å². The maximum absolute atomic E-state index is 13.9. The van der Waals surface area contributed by atoms with Crippen molar-refractivity contribution in [1.82, 2.24) is 0 Å². The molecule has 1 heterocycles. The monoisotopic (exact) mass is 456 g/mol.